The summed E-state index contributed by atoms with van der Waals surface area (Å²) >= 11 is 0. The molecule has 0 atom stereocenters. The van der Waals surface area contributed by atoms with E-state index in [2.05, 4.69) is 51.7 Å². The highest BCUT2D eigenvalue weighted by Gasteiger charge is 2.18. The summed E-state index contributed by atoms with van der Waals surface area (Å²) in [5, 5.41) is 6.41. The number of nitrogens with zero attached hydrogens (tertiary/aromatic N) is 3. The van der Waals surface area contributed by atoms with Crippen molar-refractivity contribution in [3.63, 3.8) is 0 Å². The van der Waals surface area contributed by atoms with E-state index in [1.165, 1.54) is 37.1 Å². The lowest BCUT2D eigenvalue weighted by Crippen LogP contribution is -2.44. The molecule has 3 rings (SSSR count). The van der Waals surface area contributed by atoms with Gasteiger partial charge in [-0.25, -0.2) is 4.99 Å². The lowest BCUT2D eigenvalue weighted by molar-refractivity contribution is -0.128. The number of hydrogen-bond donors (Lipinski definition) is 2. The maximum atomic E-state index is 12.2. The van der Waals surface area contributed by atoms with Crippen molar-refractivity contribution in [1.29, 1.82) is 0 Å². The summed E-state index contributed by atoms with van der Waals surface area (Å²) in [5.41, 5.74) is 2.55. The average molecular weight is 527 g/mol. The molecular formula is C23H38IN5O. The van der Waals surface area contributed by atoms with Crippen LogP contribution in [0.5, 0.6) is 0 Å². The number of aliphatic imine (C=N–C) groups is 1. The number of halogens is 1. The van der Waals surface area contributed by atoms with Crippen LogP contribution in [0, 0.1) is 5.92 Å². The number of guanidine groups is 1. The molecule has 30 heavy (non-hydrogen) atoms. The third-order valence-corrected chi connectivity index (χ3v) is 5.94. The van der Waals surface area contributed by atoms with Crippen LogP contribution in [-0.4, -0.2) is 60.9 Å². The van der Waals surface area contributed by atoms with Gasteiger partial charge in [0.05, 0.1) is 13.1 Å². The summed E-state index contributed by atoms with van der Waals surface area (Å²) in [6.07, 6.45) is 4.86. The molecule has 1 amide bonds. The van der Waals surface area contributed by atoms with Gasteiger partial charge in [0.25, 0.3) is 0 Å². The summed E-state index contributed by atoms with van der Waals surface area (Å²) in [6.45, 7) is 11.3. The number of rotatable bonds is 7. The summed E-state index contributed by atoms with van der Waals surface area (Å²) in [5.74, 6) is 1.73. The van der Waals surface area contributed by atoms with Gasteiger partial charge in [0.1, 0.15) is 0 Å². The van der Waals surface area contributed by atoms with E-state index in [4.69, 9.17) is 0 Å². The lowest BCUT2D eigenvalue weighted by Gasteiger charge is -2.30. The largest absolute Gasteiger partial charge is 0.357 e. The Morgan fingerprint density at radius 3 is 2.30 bits per heavy atom. The molecule has 0 spiro atoms. The minimum atomic E-state index is 0. The molecule has 0 aliphatic carbocycles. The van der Waals surface area contributed by atoms with Crippen LogP contribution in [0.15, 0.2) is 29.3 Å². The van der Waals surface area contributed by atoms with Crippen LogP contribution in [0.4, 0.5) is 0 Å². The molecule has 0 saturated carbocycles. The first kappa shape index (κ1) is 24.9. The van der Waals surface area contributed by atoms with E-state index in [0.717, 1.165) is 44.9 Å². The molecule has 7 heteroatoms. The van der Waals surface area contributed by atoms with E-state index in [-0.39, 0.29) is 29.9 Å². The summed E-state index contributed by atoms with van der Waals surface area (Å²) in [7, 11) is 0. The summed E-state index contributed by atoms with van der Waals surface area (Å²) in [4.78, 5) is 21.4. The number of benzene rings is 1. The van der Waals surface area contributed by atoms with Crippen molar-refractivity contribution in [2.24, 2.45) is 10.9 Å². The Bertz CT molecular complexity index is 665. The maximum absolute atomic E-state index is 12.2. The van der Waals surface area contributed by atoms with Gasteiger partial charge in [-0.2, -0.15) is 0 Å². The zero-order valence-electron chi connectivity index (χ0n) is 18.5. The minimum absolute atomic E-state index is 0. The second-order valence-corrected chi connectivity index (χ2v) is 8.41. The first-order valence-corrected chi connectivity index (χ1v) is 11.2. The molecule has 2 saturated heterocycles. The van der Waals surface area contributed by atoms with E-state index >= 15 is 0 Å². The van der Waals surface area contributed by atoms with Crippen molar-refractivity contribution in [1.82, 2.24) is 20.4 Å². The summed E-state index contributed by atoms with van der Waals surface area (Å²) in [6, 6.07) is 8.79. The Morgan fingerprint density at radius 1 is 1.03 bits per heavy atom. The van der Waals surface area contributed by atoms with Gasteiger partial charge in [-0.1, -0.05) is 31.2 Å². The molecule has 168 valence electrons. The van der Waals surface area contributed by atoms with Gasteiger partial charge in [-0.3, -0.25) is 9.69 Å². The van der Waals surface area contributed by atoms with Crippen LogP contribution in [0.25, 0.3) is 0 Å². The fourth-order valence-corrected chi connectivity index (χ4v) is 3.98. The molecule has 2 fully saturated rings. The van der Waals surface area contributed by atoms with Crippen molar-refractivity contribution >= 4 is 35.8 Å². The van der Waals surface area contributed by atoms with Crippen molar-refractivity contribution in [3.05, 3.63) is 35.4 Å². The molecule has 1 aromatic rings. The Morgan fingerprint density at radius 2 is 1.67 bits per heavy atom. The molecule has 0 bridgehead atoms. The molecule has 2 aliphatic heterocycles. The van der Waals surface area contributed by atoms with E-state index < -0.39 is 0 Å². The highest BCUT2D eigenvalue weighted by Crippen LogP contribution is 2.18. The number of amides is 1. The molecule has 0 aromatic heterocycles. The Labute approximate surface area is 198 Å². The van der Waals surface area contributed by atoms with E-state index in [1.54, 1.807) is 0 Å². The van der Waals surface area contributed by atoms with Crippen molar-refractivity contribution in [3.8, 4) is 0 Å². The highest BCUT2D eigenvalue weighted by atomic mass is 127. The van der Waals surface area contributed by atoms with Crippen LogP contribution in [-0.2, 0) is 17.9 Å². The van der Waals surface area contributed by atoms with Crippen LogP contribution in [0.1, 0.15) is 50.7 Å². The van der Waals surface area contributed by atoms with Gasteiger partial charge in [-0.05, 0) is 62.7 Å². The zero-order chi connectivity index (χ0) is 20.5. The fourth-order valence-electron chi connectivity index (χ4n) is 3.98. The van der Waals surface area contributed by atoms with Crippen molar-refractivity contribution in [2.75, 3.05) is 39.3 Å². The van der Waals surface area contributed by atoms with Crippen molar-refractivity contribution < 1.29 is 4.79 Å². The number of hydrogen-bond acceptors (Lipinski definition) is 3. The van der Waals surface area contributed by atoms with Gasteiger partial charge in [0.15, 0.2) is 5.96 Å². The molecule has 0 radical (unpaired) electrons. The van der Waals surface area contributed by atoms with Crippen LogP contribution in [0.2, 0.25) is 0 Å². The Balaban J connectivity index is 0.00000320. The van der Waals surface area contributed by atoms with E-state index in [0.29, 0.717) is 19.0 Å². The first-order valence-electron chi connectivity index (χ1n) is 11.2. The Hall–Kier alpha value is -1.35. The second-order valence-electron chi connectivity index (χ2n) is 8.41. The molecular weight excluding hydrogens is 489 g/mol. The summed E-state index contributed by atoms with van der Waals surface area (Å²) < 4.78 is 0. The smallest absolute Gasteiger partial charge is 0.241 e. The van der Waals surface area contributed by atoms with E-state index in [1.807, 2.05) is 11.8 Å². The maximum Gasteiger partial charge on any atom is 0.241 e. The number of carbonyl (C=O) groups excluding carboxylic acids is 1. The van der Waals surface area contributed by atoms with Gasteiger partial charge in [0, 0.05) is 26.2 Å². The standard InChI is InChI=1S/C23H37N5O.HI/c1-3-24-23(26-17-22(29)28-12-4-5-13-28)25-16-20-6-8-21(9-7-20)18-27-14-10-19(2)11-15-27;/h6-9,19H,3-5,10-18H2,1-2H3,(H2,24,25,26);1H. The SMILES string of the molecule is CCNC(=NCc1ccc(CN2CCC(C)CC2)cc1)NCC(=O)N1CCCC1.I. The van der Waals surface area contributed by atoms with Gasteiger partial charge < -0.3 is 15.5 Å². The second kappa shape index (κ2) is 13.1. The van der Waals surface area contributed by atoms with Crippen molar-refractivity contribution in [2.45, 2.75) is 52.6 Å². The normalized spacial score (nSPS) is 18.2. The Kier molecular flexibility index (Phi) is 10.9. The van der Waals surface area contributed by atoms with Gasteiger partial charge in [-0.15, -0.1) is 24.0 Å². The minimum Gasteiger partial charge on any atom is -0.357 e. The predicted molar refractivity (Wildman–Crippen MR) is 134 cm³/mol. The van der Waals surface area contributed by atoms with Gasteiger partial charge in [0.2, 0.25) is 5.91 Å². The number of likely N-dealkylation sites (tertiary alicyclic amines) is 2. The molecule has 1 aromatic carbocycles. The van der Waals surface area contributed by atoms with Crippen LogP contribution < -0.4 is 10.6 Å². The average Bonchev–Trinajstić information content (AvgIpc) is 3.28. The third-order valence-electron chi connectivity index (χ3n) is 5.94. The number of piperidine rings is 1. The first-order chi connectivity index (χ1) is 14.1. The quantitative estimate of drug-likeness (QED) is 0.325. The molecule has 2 N–H and O–H groups in total. The molecule has 2 aliphatic rings. The fraction of sp³-hybridized carbons (Fsp3) is 0.652. The monoisotopic (exact) mass is 527 g/mol. The topological polar surface area (TPSA) is 60.0 Å². The predicted octanol–water partition coefficient (Wildman–Crippen LogP) is 3.21. The molecule has 6 nitrogen and oxygen atoms in total. The van der Waals surface area contributed by atoms with Crippen LogP contribution >= 0.6 is 24.0 Å². The molecule has 0 unspecified atom stereocenters. The van der Waals surface area contributed by atoms with Crippen LogP contribution in [0.3, 0.4) is 0 Å². The molecule has 2 heterocycles. The third kappa shape index (κ3) is 8.06. The van der Waals surface area contributed by atoms with E-state index in [9.17, 15) is 4.79 Å². The van der Waals surface area contributed by atoms with Gasteiger partial charge >= 0.3 is 0 Å². The zero-order valence-corrected chi connectivity index (χ0v) is 20.9. The number of nitrogens with one attached hydrogen (secondary N) is 2. The number of carbonyl (C=O) groups is 1. The highest BCUT2D eigenvalue weighted by molar-refractivity contribution is 14.0. The lowest BCUT2D eigenvalue weighted by atomic mass is 9.99.